The van der Waals surface area contributed by atoms with Gasteiger partial charge in [-0.05, 0) is 48.9 Å². The lowest BCUT2D eigenvalue weighted by Gasteiger charge is -2.14. The van der Waals surface area contributed by atoms with Crippen molar-refractivity contribution >= 4 is 15.9 Å². The largest absolute Gasteiger partial charge is 0.366 e. The second-order valence-corrected chi connectivity index (χ2v) is 6.50. The van der Waals surface area contributed by atoms with Gasteiger partial charge in [-0.1, -0.05) is 12.1 Å². The summed E-state index contributed by atoms with van der Waals surface area (Å²) in [5, 5.41) is 0. The van der Waals surface area contributed by atoms with E-state index >= 15 is 0 Å². The van der Waals surface area contributed by atoms with E-state index in [1.165, 1.54) is 48.5 Å². The van der Waals surface area contributed by atoms with E-state index in [0.29, 0.717) is 5.56 Å². The van der Waals surface area contributed by atoms with Crippen LogP contribution in [0.15, 0.2) is 53.4 Å². The molecule has 0 aromatic heterocycles. The Morgan fingerprint density at radius 3 is 2.14 bits per heavy atom. The van der Waals surface area contributed by atoms with Gasteiger partial charge in [0.1, 0.15) is 5.82 Å². The molecule has 2 rings (SSSR count). The van der Waals surface area contributed by atoms with Crippen molar-refractivity contribution < 1.29 is 17.6 Å². The number of nitrogens with one attached hydrogen (secondary N) is 1. The molecule has 1 amide bonds. The maximum absolute atomic E-state index is 12.9. The van der Waals surface area contributed by atoms with Crippen molar-refractivity contribution in [2.75, 3.05) is 0 Å². The van der Waals surface area contributed by atoms with Gasteiger partial charge >= 0.3 is 0 Å². The third-order valence-electron chi connectivity index (χ3n) is 3.15. The molecule has 0 bridgehead atoms. The first kappa shape index (κ1) is 16.1. The minimum atomic E-state index is -3.76. The lowest BCUT2D eigenvalue weighted by atomic mass is 10.1. The summed E-state index contributed by atoms with van der Waals surface area (Å²) < 4.78 is 39.9. The fourth-order valence-corrected chi connectivity index (χ4v) is 3.15. The molecule has 0 saturated carbocycles. The third-order valence-corrected chi connectivity index (χ3v) is 4.71. The van der Waals surface area contributed by atoms with Gasteiger partial charge in [0.2, 0.25) is 15.9 Å². The molecule has 7 heteroatoms. The molecule has 2 aromatic carbocycles. The van der Waals surface area contributed by atoms with E-state index in [2.05, 4.69) is 4.72 Å². The highest BCUT2D eigenvalue weighted by atomic mass is 32.2. The van der Waals surface area contributed by atoms with Crippen LogP contribution < -0.4 is 10.5 Å². The molecule has 0 spiro atoms. The third kappa shape index (κ3) is 3.69. The monoisotopic (exact) mass is 322 g/mol. The number of primary amides is 1. The van der Waals surface area contributed by atoms with Crippen LogP contribution in [0.1, 0.15) is 28.9 Å². The van der Waals surface area contributed by atoms with Gasteiger partial charge in [0.15, 0.2) is 0 Å². The van der Waals surface area contributed by atoms with Crippen LogP contribution in [0.3, 0.4) is 0 Å². The smallest absolute Gasteiger partial charge is 0.248 e. The summed E-state index contributed by atoms with van der Waals surface area (Å²) in [5.74, 6) is -1.02. The average molecular weight is 322 g/mol. The van der Waals surface area contributed by atoms with Crippen LogP contribution in [0.5, 0.6) is 0 Å². The zero-order valence-electron chi connectivity index (χ0n) is 11.8. The van der Waals surface area contributed by atoms with Crippen LogP contribution in [-0.2, 0) is 10.0 Å². The van der Waals surface area contributed by atoms with Crippen molar-refractivity contribution in [2.24, 2.45) is 5.73 Å². The molecule has 3 N–H and O–H groups in total. The molecule has 22 heavy (non-hydrogen) atoms. The predicted molar refractivity (Wildman–Crippen MR) is 80.1 cm³/mol. The average Bonchev–Trinajstić information content (AvgIpc) is 2.47. The fraction of sp³-hybridized carbons (Fsp3) is 0.133. The van der Waals surface area contributed by atoms with Gasteiger partial charge in [0.05, 0.1) is 4.90 Å². The van der Waals surface area contributed by atoms with Gasteiger partial charge in [-0.25, -0.2) is 17.5 Å². The van der Waals surface area contributed by atoms with Crippen molar-refractivity contribution in [3.8, 4) is 0 Å². The zero-order chi connectivity index (χ0) is 16.3. The summed E-state index contributed by atoms with van der Waals surface area (Å²) in [7, 11) is -3.76. The van der Waals surface area contributed by atoms with E-state index in [0.717, 1.165) is 0 Å². The standard InChI is InChI=1S/C15H15FN2O3S/c1-10(11-2-6-13(16)7-3-11)18-22(20,21)14-8-4-12(5-9-14)15(17)19/h2-10,18H,1H3,(H2,17,19). The zero-order valence-corrected chi connectivity index (χ0v) is 12.6. The van der Waals surface area contributed by atoms with Gasteiger partial charge in [-0.3, -0.25) is 4.79 Å². The maximum atomic E-state index is 12.9. The van der Waals surface area contributed by atoms with Crippen LogP contribution in [0.4, 0.5) is 4.39 Å². The number of carbonyl (C=O) groups is 1. The minimum absolute atomic E-state index is 0.0199. The van der Waals surface area contributed by atoms with Crippen molar-refractivity contribution in [3.63, 3.8) is 0 Å². The van der Waals surface area contributed by atoms with Gasteiger partial charge in [0.25, 0.3) is 0 Å². The first-order valence-corrected chi connectivity index (χ1v) is 7.95. The predicted octanol–water partition coefficient (Wildman–Crippen LogP) is 1.96. The summed E-state index contributed by atoms with van der Waals surface area (Å²) in [6, 6.07) is 10.3. The number of amides is 1. The number of rotatable bonds is 5. The van der Waals surface area contributed by atoms with Crippen LogP contribution in [0, 0.1) is 5.82 Å². The molecule has 1 unspecified atom stereocenters. The summed E-state index contributed by atoms with van der Waals surface area (Å²) in [4.78, 5) is 11.0. The Labute approximate surface area is 128 Å². The summed E-state index contributed by atoms with van der Waals surface area (Å²) in [6.45, 7) is 1.66. The number of benzene rings is 2. The molecule has 5 nitrogen and oxygen atoms in total. The lowest BCUT2D eigenvalue weighted by molar-refractivity contribution is 0.1000. The van der Waals surface area contributed by atoms with Gasteiger partial charge in [-0.2, -0.15) is 0 Å². The van der Waals surface area contributed by atoms with Gasteiger partial charge in [0, 0.05) is 11.6 Å². The quantitative estimate of drug-likeness (QED) is 0.882. The molecule has 0 aliphatic heterocycles. The second-order valence-electron chi connectivity index (χ2n) is 4.78. The first-order chi connectivity index (χ1) is 10.3. The number of sulfonamides is 1. The van der Waals surface area contributed by atoms with Crippen molar-refractivity contribution in [3.05, 3.63) is 65.5 Å². The van der Waals surface area contributed by atoms with Crippen LogP contribution in [0.2, 0.25) is 0 Å². The summed E-state index contributed by atoms with van der Waals surface area (Å²) in [5.41, 5.74) is 5.97. The van der Waals surface area contributed by atoms with E-state index in [9.17, 15) is 17.6 Å². The number of hydrogen-bond acceptors (Lipinski definition) is 3. The molecule has 0 aliphatic rings. The van der Waals surface area contributed by atoms with E-state index in [1.807, 2.05) is 0 Å². The van der Waals surface area contributed by atoms with Crippen molar-refractivity contribution in [1.82, 2.24) is 4.72 Å². The molecule has 1 atom stereocenters. The van der Waals surface area contributed by atoms with Gasteiger partial charge in [-0.15, -0.1) is 0 Å². The molecular weight excluding hydrogens is 307 g/mol. The Bertz CT molecular complexity index is 771. The summed E-state index contributed by atoms with van der Waals surface area (Å²) in [6.07, 6.45) is 0. The number of nitrogens with two attached hydrogens (primary N) is 1. The van der Waals surface area contributed by atoms with Gasteiger partial charge < -0.3 is 5.73 Å². The maximum Gasteiger partial charge on any atom is 0.248 e. The fourth-order valence-electron chi connectivity index (χ4n) is 1.92. The van der Waals surface area contributed by atoms with Crippen LogP contribution >= 0.6 is 0 Å². The van der Waals surface area contributed by atoms with Crippen molar-refractivity contribution in [2.45, 2.75) is 17.9 Å². The summed E-state index contributed by atoms with van der Waals surface area (Å²) >= 11 is 0. The Kier molecular flexibility index (Phi) is 4.58. The molecular formula is C15H15FN2O3S. The minimum Gasteiger partial charge on any atom is -0.366 e. The SMILES string of the molecule is CC(NS(=O)(=O)c1ccc(C(N)=O)cc1)c1ccc(F)cc1. The van der Waals surface area contributed by atoms with E-state index < -0.39 is 22.0 Å². The molecule has 0 saturated heterocycles. The molecule has 0 heterocycles. The van der Waals surface area contributed by atoms with Crippen LogP contribution in [0.25, 0.3) is 0 Å². The van der Waals surface area contributed by atoms with E-state index in [-0.39, 0.29) is 16.3 Å². The highest BCUT2D eigenvalue weighted by Gasteiger charge is 2.18. The second kappa shape index (κ2) is 6.25. The Hall–Kier alpha value is -2.25. The molecule has 0 fully saturated rings. The van der Waals surface area contributed by atoms with E-state index in [4.69, 9.17) is 5.73 Å². The Morgan fingerprint density at radius 1 is 1.09 bits per heavy atom. The molecule has 0 radical (unpaired) electrons. The molecule has 116 valence electrons. The van der Waals surface area contributed by atoms with E-state index in [1.54, 1.807) is 6.92 Å². The molecule has 0 aliphatic carbocycles. The number of carbonyl (C=O) groups excluding carboxylic acids is 1. The number of halogens is 1. The normalized spacial score (nSPS) is 12.8. The molecule has 2 aromatic rings. The topological polar surface area (TPSA) is 89.3 Å². The highest BCUT2D eigenvalue weighted by molar-refractivity contribution is 7.89. The Morgan fingerprint density at radius 2 is 1.64 bits per heavy atom. The lowest BCUT2D eigenvalue weighted by Crippen LogP contribution is -2.27. The van der Waals surface area contributed by atoms with Crippen molar-refractivity contribution in [1.29, 1.82) is 0 Å². The first-order valence-electron chi connectivity index (χ1n) is 6.47. The van der Waals surface area contributed by atoms with Crippen LogP contribution in [-0.4, -0.2) is 14.3 Å². The number of hydrogen-bond donors (Lipinski definition) is 2. The highest BCUT2D eigenvalue weighted by Crippen LogP contribution is 2.17. The Balaban J connectivity index is 2.19.